The summed E-state index contributed by atoms with van der Waals surface area (Å²) in [6, 6.07) is 8.14. The van der Waals surface area contributed by atoms with E-state index in [1.807, 2.05) is 16.8 Å². The van der Waals surface area contributed by atoms with Crippen molar-refractivity contribution < 1.29 is 37.2 Å². The lowest BCUT2D eigenvalue weighted by Crippen LogP contribution is -2.52. The van der Waals surface area contributed by atoms with Gasteiger partial charge in [-0.15, -0.1) is 0 Å². The maximum absolute atomic E-state index is 14.3. The quantitative estimate of drug-likeness (QED) is 0.137. The van der Waals surface area contributed by atoms with Crippen LogP contribution in [0.15, 0.2) is 53.5 Å². The van der Waals surface area contributed by atoms with E-state index in [2.05, 4.69) is 55.4 Å². The van der Waals surface area contributed by atoms with Crippen LogP contribution in [-0.2, 0) is 21.4 Å². The molecule has 320 valence electrons. The SMILES string of the molecule is C=C1N(C)c2cc(CCCN3CCN(c4nccc(-c5nc(C67CCC(CNC(=O)c8cc(F)c(O)c(F)c8F)(CC6)CC7)no5)n4)CC3)ccc2N1C1CCC(=O)NC1=O. The smallest absolute Gasteiger partial charge is 0.276 e. The average molecular weight is 841 g/mol. The van der Waals surface area contributed by atoms with Crippen molar-refractivity contribution in [3.63, 3.8) is 0 Å². The van der Waals surface area contributed by atoms with Crippen LogP contribution in [-0.4, -0.2) is 100 Å². The van der Waals surface area contributed by atoms with Gasteiger partial charge in [-0.3, -0.25) is 24.6 Å². The number of carbonyl (C=O) groups excluding carboxylic acids is 3. The van der Waals surface area contributed by atoms with Gasteiger partial charge in [0.2, 0.25) is 23.6 Å². The number of hydrogen-bond donors (Lipinski definition) is 3. The van der Waals surface area contributed by atoms with Crippen molar-refractivity contribution in [1.82, 2.24) is 35.6 Å². The number of hydrogen-bond acceptors (Lipinski definition) is 13. The van der Waals surface area contributed by atoms with Gasteiger partial charge in [0.05, 0.1) is 16.9 Å². The lowest BCUT2D eigenvalue weighted by atomic mass is 9.53. The van der Waals surface area contributed by atoms with Crippen LogP contribution in [0.1, 0.15) is 79.5 Å². The molecule has 3 aliphatic carbocycles. The molecule has 2 aromatic heterocycles. The van der Waals surface area contributed by atoms with Gasteiger partial charge in [-0.05, 0) is 99.6 Å². The molecule has 0 radical (unpaired) electrons. The molecule has 18 heteroatoms. The Balaban J connectivity index is 0.755. The Morgan fingerprint density at radius 3 is 2.49 bits per heavy atom. The number of piperidine rings is 1. The van der Waals surface area contributed by atoms with Crippen LogP contribution >= 0.6 is 0 Å². The highest BCUT2D eigenvalue weighted by Crippen LogP contribution is 2.57. The largest absolute Gasteiger partial charge is 0.503 e. The van der Waals surface area contributed by atoms with Gasteiger partial charge in [0.25, 0.3) is 11.8 Å². The molecule has 3 aliphatic heterocycles. The van der Waals surface area contributed by atoms with Crippen molar-refractivity contribution in [3.8, 4) is 17.3 Å². The van der Waals surface area contributed by atoms with E-state index in [0.717, 1.165) is 101 Å². The summed E-state index contributed by atoms with van der Waals surface area (Å²) in [5.41, 5.74) is 2.36. The van der Waals surface area contributed by atoms with Gasteiger partial charge in [0, 0.05) is 57.8 Å². The first-order valence-corrected chi connectivity index (χ1v) is 20.8. The molecule has 15 nitrogen and oxygen atoms in total. The molecule has 1 unspecified atom stereocenters. The normalized spacial score (nSPS) is 24.0. The summed E-state index contributed by atoms with van der Waals surface area (Å²) in [7, 11) is 1.95. The number of nitrogens with zero attached hydrogens (tertiary/aromatic N) is 8. The Kier molecular flexibility index (Phi) is 10.4. The monoisotopic (exact) mass is 840 g/mol. The Labute approximate surface area is 350 Å². The fourth-order valence-electron chi connectivity index (χ4n) is 9.73. The minimum absolute atomic E-state index is 0.223. The van der Waals surface area contributed by atoms with Gasteiger partial charge in [-0.1, -0.05) is 17.8 Å². The third-order valence-electron chi connectivity index (χ3n) is 13.6. The lowest BCUT2D eigenvalue weighted by Gasteiger charge is -2.52. The van der Waals surface area contributed by atoms with Crippen molar-refractivity contribution in [2.75, 3.05) is 61.0 Å². The number of imide groups is 1. The molecule has 2 saturated heterocycles. The number of aromatic hydroxyl groups is 1. The molecule has 61 heavy (non-hydrogen) atoms. The van der Waals surface area contributed by atoms with Gasteiger partial charge in [0.15, 0.2) is 23.2 Å². The molecular weight excluding hydrogens is 794 g/mol. The molecule has 0 spiro atoms. The highest BCUT2D eigenvalue weighted by atomic mass is 19.2. The van der Waals surface area contributed by atoms with E-state index in [-0.39, 0.29) is 29.2 Å². The molecular formula is C43H47F3N10O5. The van der Waals surface area contributed by atoms with E-state index in [4.69, 9.17) is 14.5 Å². The van der Waals surface area contributed by atoms with Crippen molar-refractivity contribution in [2.24, 2.45) is 5.41 Å². The fourth-order valence-corrected chi connectivity index (χ4v) is 9.73. The first kappa shape index (κ1) is 40.4. The molecule has 3 saturated carbocycles. The predicted octanol–water partition coefficient (Wildman–Crippen LogP) is 4.96. The summed E-state index contributed by atoms with van der Waals surface area (Å²) in [6.45, 7) is 8.67. The first-order valence-electron chi connectivity index (χ1n) is 20.8. The molecule has 5 heterocycles. The number of phenolic OH excluding ortho intramolecular Hbond substituents is 1. The summed E-state index contributed by atoms with van der Waals surface area (Å²) < 4.78 is 47.8. The Bertz CT molecular complexity index is 2390. The van der Waals surface area contributed by atoms with Gasteiger partial charge in [-0.25, -0.2) is 18.7 Å². The third kappa shape index (κ3) is 7.44. The Morgan fingerprint density at radius 1 is 1.00 bits per heavy atom. The van der Waals surface area contributed by atoms with E-state index in [1.165, 1.54) is 5.56 Å². The fraction of sp³-hybridized carbons (Fsp3) is 0.465. The first-order chi connectivity index (χ1) is 29.3. The van der Waals surface area contributed by atoms with Crippen LogP contribution < -0.4 is 25.3 Å². The molecule has 10 rings (SSSR count). The number of carbonyl (C=O) groups is 3. The predicted molar refractivity (Wildman–Crippen MR) is 217 cm³/mol. The number of rotatable bonds is 11. The van der Waals surface area contributed by atoms with Gasteiger partial charge >= 0.3 is 0 Å². The third-order valence-corrected chi connectivity index (χ3v) is 13.6. The second kappa shape index (κ2) is 15.8. The number of piperazine rings is 1. The number of fused-ring (bicyclic) bond motifs is 4. The molecule has 4 aromatic rings. The second-order valence-corrected chi connectivity index (χ2v) is 17.1. The van der Waals surface area contributed by atoms with Crippen LogP contribution in [0.25, 0.3) is 11.6 Å². The number of aromatic nitrogens is 4. The molecule has 3 amide bonds. The number of phenols is 1. The molecule has 5 fully saturated rings. The van der Waals surface area contributed by atoms with Gasteiger partial charge in [-0.2, -0.15) is 9.37 Å². The summed E-state index contributed by atoms with van der Waals surface area (Å²) in [5, 5.41) is 18.8. The van der Waals surface area contributed by atoms with Crippen LogP contribution in [0.3, 0.4) is 0 Å². The number of halogens is 3. The van der Waals surface area contributed by atoms with E-state index in [1.54, 1.807) is 12.3 Å². The van der Waals surface area contributed by atoms with E-state index in [0.29, 0.717) is 42.3 Å². The van der Waals surface area contributed by atoms with Crippen molar-refractivity contribution >= 4 is 35.0 Å². The maximum atomic E-state index is 14.3. The zero-order chi connectivity index (χ0) is 42.6. The van der Waals surface area contributed by atoms with Crippen LogP contribution in [0.2, 0.25) is 0 Å². The highest BCUT2D eigenvalue weighted by Gasteiger charge is 2.52. The number of benzene rings is 2. The average Bonchev–Trinajstić information content (AvgIpc) is 3.88. The summed E-state index contributed by atoms with van der Waals surface area (Å²) >= 11 is 0. The van der Waals surface area contributed by atoms with Crippen LogP contribution in [0.5, 0.6) is 5.75 Å². The van der Waals surface area contributed by atoms with Crippen molar-refractivity contribution in [1.29, 1.82) is 0 Å². The summed E-state index contributed by atoms with van der Waals surface area (Å²) in [4.78, 5) is 59.8. The molecule has 2 bridgehead atoms. The topological polar surface area (TPSA) is 173 Å². The van der Waals surface area contributed by atoms with Crippen LogP contribution in [0.4, 0.5) is 30.5 Å². The van der Waals surface area contributed by atoms with Gasteiger partial charge in [0.1, 0.15) is 17.6 Å². The zero-order valence-corrected chi connectivity index (χ0v) is 33.9. The Hall–Kier alpha value is -6.04. The summed E-state index contributed by atoms with van der Waals surface area (Å²) in [5.74, 6) is -5.44. The summed E-state index contributed by atoms with van der Waals surface area (Å²) in [6.07, 6.45) is 8.86. The van der Waals surface area contributed by atoms with E-state index >= 15 is 0 Å². The lowest BCUT2D eigenvalue weighted by molar-refractivity contribution is -0.134. The molecule has 3 N–H and O–H groups in total. The highest BCUT2D eigenvalue weighted by molar-refractivity contribution is 6.03. The molecule has 2 aromatic carbocycles. The minimum Gasteiger partial charge on any atom is -0.503 e. The Morgan fingerprint density at radius 2 is 1.75 bits per heavy atom. The standard InChI is InChI=1S/C43H47F3N10O5/c1-25-53(2)32-22-26(5-6-30(32)56(25)31-7-8-33(57)50-38(31)60)4-3-17-54-18-20-55(21-19-54)41-47-16-9-29(49-41)39-51-40(52-61-39)43-13-10-42(11-14-43,12-15-43)24-48-37(59)27-23-28(44)36(58)35(46)34(27)45/h5-6,9,16,22-23,31,58H,1,3-4,7-8,10-15,17-21,24H2,2H3,(H,48,59)(H,50,57,60). The van der Waals surface area contributed by atoms with E-state index < -0.39 is 40.7 Å². The number of amides is 3. The van der Waals surface area contributed by atoms with Crippen LogP contribution in [0, 0.1) is 22.9 Å². The molecule has 1 atom stereocenters. The number of anilines is 3. The molecule has 6 aliphatic rings. The van der Waals surface area contributed by atoms with Gasteiger partial charge < -0.3 is 29.6 Å². The van der Waals surface area contributed by atoms with Crippen molar-refractivity contribution in [2.45, 2.75) is 75.7 Å². The van der Waals surface area contributed by atoms with Crippen molar-refractivity contribution in [3.05, 3.63) is 83.3 Å². The maximum Gasteiger partial charge on any atom is 0.276 e. The zero-order valence-electron chi connectivity index (χ0n) is 33.9. The number of aryl methyl sites for hydroxylation is 1. The van der Waals surface area contributed by atoms with E-state index in [9.17, 15) is 32.7 Å². The number of nitrogens with one attached hydrogen (secondary N) is 2. The second-order valence-electron chi connectivity index (χ2n) is 17.1. The minimum atomic E-state index is -1.79.